The van der Waals surface area contributed by atoms with Gasteiger partial charge in [0.2, 0.25) is 5.91 Å². The Bertz CT molecular complexity index is 1420. The number of aliphatic hydroxyl groups is 5. The third-order valence-corrected chi connectivity index (χ3v) is 12.9. The van der Waals surface area contributed by atoms with Crippen LogP contribution in [0.15, 0.2) is 97.2 Å². The number of hydrogen-bond acceptors (Lipinski definition) is 8. The Balaban J connectivity index is 2.02. The van der Waals surface area contributed by atoms with E-state index < -0.39 is 49.5 Å². The molecule has 0 bridgehead atoms. The molecule has 0 spiro atoms. The number of ether oxygens (including phenoxy) is 2. The second-order valence-electron chi connectivity index (χ2n) is 19.3. The van der Waals surface area contributed by atoms with Crippen LogP contribution in [0, 0.1) is 0 Å². The van der Waals surface area contributed by atoms with Gasteiger partial charge in [-0.1, -0.05) is 239 Å². The molecule has 1 heterocycles. The molecule has 7 unspecified atom stereocenters. The summed E-state index contributed by atoms with van der Waals surface area (Å²) in [5, 5.41) is 54.1. The molecule has 9 heteroatoms. The molecular formula is C61H105NO8. The highest BCUT2D eigenvalue weighted by Crippen LogP contribution is 2.23. The molecule has 0 aromatic carbocycles. The van der Waals surface area contributed by atoms with Crippen molar-refractivity contribution in [3.8, 4) is 0 Å². The van der Waals surface area contributed by atoms with E-state index in [1.54, 1.807) is 6.08 Å². The minimum atomic E-state index is -1.57. The first-order valence-corrected chi connectivity index (χ1v) is 28.5. The van der Waals surface area contributed by atoms with Gasteiger partial charge in [0.05, 0.1) is 25.4 Å². The highest BCUT2D eigenvalue weighted by Gasteiger charge is 2.44. The van der Waals surface area contributed by atoms with Crippen molar-refractivity contribution in [3.63, 3.8) is 0 Å². The molecule has 0 aromatic heterocycles. The van der Waals surface area contributed by atoms with Crippen molar-refractivity contribution in [2.24, 2.45) is 0 Å². The zero-order valence-corrected chi connectivity index (χ0v) is 44.5. The number of aliphatic hydroxyl groups excluding tert-OH is 5. The fourth-order valence-electron chi connectivity index (χ4n) is 8.40. The number of unbranched alkanes of at least 4 members (excludes halogenated alkanes) is 23. The largest absolute Gasteiger partial charge is 0.394 e. The van der Waals surface area contributed by atoms with Crippen molar-refractivity contribution in [1.29, 1.82) is 0 Å². The molecule has 0 aromatic rings. The molecule has 1 rings (SSSR count). The van der Waals surface area contributed by atoms with Gasteiger partial charge in [0.1, 0.15) is 24.4 Å². The first-order chi connectivity index (χ1) is 34.3. The summed E-state index contributed by atoms with van der Waals surface area (Å²) in [6.07, 6.45) is 65.3. The summed E-state index contributed by atoms with van der Waals surface area (Å²) >= 11 is 0. The summed E-state index contributed by atoms with van der Waals surface area (Å²) < 4.78 is 11.2. The number of amides is 1. The smallest absolute Gasteiger partial charge is 0.220 e. The second kappa shape index (κ2) is 49.7. The summed E-state index contributed by atoms with van der Waals surface area (Å²) in [6, 6.07) is -0.821. The summed E-state index contributed by atoms with van der Waals surface area (Å²) in [5.41, 5.74) is 0. The summed E-state index contributed by atoms with van der Waals surface area (Å²) in [6.45, 7) is 3.56. The molecule has 0 aliphatic carbocycles. The maximum Gasteiger partial charge on any atom is 0.220 e. The Morgan fingerprint density at radius 1 is 0.500 bits per heavy atom. The topological polar surface area (TPSA) is 149 Å². The summed E-state index contributed by atoms with van der Waals surface area (Å²) in [4.78, 5) is 13.0. The maximum absolute atomic E-state index is 13.0. The molecule has 0 saturated carbocycles. The minimum absolute atomic E-state index is 0.191. The van der Waals surface area contributed by atoms with Crippen molar-refractivity contribution >= 4 is 5.91 Å². The van der Waals surface area contributed by atoms with Crippen LogP contribution in [-0.4, -0.2) is 87.5 Å². The Morgan fingerprint density at radius 3 is 1.37 bits per heavy atom. The number of nitrogens with one attached hydrogen (secondary N) is 1. The normalized spacial score (nSPS) is 20.1. The maximum atomic E-state index is 13.0. The quantitative estimate of drug-likeness (QED) is 0.0261. The molecule has 6 N–H and O–H groups in total. The van der Waals surface area contributed by atoms with E-state index in [9.17, 15) is 30.3 Å². The molecule has 70 heavy (non-hydrogen) atoms. The van der Waals surface area contributed by atoms with Crippen molar-refractivity contribution in [1.82, 2.24) is 5.32 Å². The summed E-state index contributed by atoms with van der Waals surface area (Å²) in [7, 11) is 0. The zero-order valence-electron chi connectivity index (χ0n) is 44.5. The van der Waals surface area contributed by atoms with Crippen LogP contribution in [-0.2, 0) is 14.3 Å². The molecule has 402 valence electrons. The molecular weight excluding hydrogens is 875 g/mol. The van der Waals surface area contributed by atoms with E-state index >= 15 is 0 Å². The molecule has 1 saturated heterocycles. The van der Waals surface area contributed by atoms with Gasteiger partial charge in [0.15, 0.2) is 6.29 Å². The third kappa shape index (κ3) is 38.7. The standard InChI is InChI=1S/C61H105NO8/c1-3-5-7-9-11-13-14-15-16-17-18-19-20-21-22-23-24-25-26-27-28-29-30-31-32-33-34-35-36-37-38-39-40-41-42-43-45-47-49-51-57(65)62-54(55(64)50-48-46-44-12-10-8-6-4-2)53-69-61-60(68)59(67)58(66)56(52-63)70-61/h5,7,10-13,15-16,18-19,21-22,24-25,48,50,54-56,58-61,63-64,66-68H,3-4,6,8-9,14,17,20,23,26-47,49,51-53H2,1-2H3,(H,62,65)/b7-5-,12-10+,13-11-,16-15-,19-18-,22-21-,25-24-,50-48+. The van der Waals surface area contributed by atoms with Crippen molar-refractivity contribution in [3.05, 3.63) is 97.2 Å². The predicted octanol–water partition coefficient (Wildman–Crippen LogP) is 14.0. The zero-order chi connectivity index (χ0) is 50.8. The monoisotopic (exact) mass is 980 g/mol. The average molecular weight is 981 g/mol. The Morgan fingerprint density at radius 2 is 0.900 bits per heavy atom. The minimum Gasteiger partial charge on any atom is -0.394 e. The van der Waals surface area contributed by atoms with E-state index in [1.807, 2.05) is 6.08 Å². The molecule has 1 amide bonds. The van der Waals surface area contributed by atoms with Gasteiger partial charge in [0, 0.05) is 6.42 Å². The van der Waals surface area contributed by atoms with Crippen LogP contribution in [0.25, 0.3) is 0 Å². The predicted molar refractivity (Wildman–Crippen MR) is 294 cm³/mol. The van der Waals surface area contributed by atoms with Crippen molar-refractivity contribution in [2.75, 3.05) is 13.2 Å². The lowest BCUT2D eigenvalue weighted by atomic mass is 9.99. The molecule has 1 aliphatic heterocycles. The van der Waals surface area contributed by atoms with Gasteiger partial charge in [0.25, 0.3) is 0 Å². The molecule has 9 nitrogen and oxygen atoms in total. The second-order valence-corrected chi connectivity index (χ2v) is 19.3. The Kier molecular flexibility index (Phi) is 46.2. The first-order valence-electron chi connectivity index (χ1n) is 28.5. The van der Waals surface area contributed by atoms with Gasteiger partial charge < -0.3 is 40.3 Å². The first kappa shape index (κ1) is 65.1. The van der Waals surface area contributed by atoms with Gasteiger partial charge in [-0.05, 0) is 77.0 Å². The van der Waals surface area contributed by atoms with Gasteiger partial charge in [-0.15, -0.1) is 0 Å². The molecule has 1 aliphatic rings. The number of carbonyl (C=O) groups is 1. The van der Waals surface area contributed by atoms with Gasteiger partial charge in [-0.3, -0.25) is 4.79 Å². The van der Waals surface area contributed by atoms with Gasteiger partial charge in [-0.2, -0.15) is 0 Å². The van der Waals surface area contributed by atoms with E-state index in [0.29, 0.717) is 6.42 Å². The Labute approximate surface area is 428 Å². The number of hydrogen-bond donors (Lipinski definition) is 6. The third-order valence-electron chi connectivity index (χ3n) is 12.9. The van der Waals surface area contributed by atoms with E-state index in [1.165, 1.54) is 116 Å². The highest BCUT2D eigenvalue weighted by molar-refractivity contribution is 5.76. The highest BCUT2D eigenvalue weighted by atomic mass is 16.7. The van der Waals surface area contributed by atoms with Crippen LogP contribution in [0.3, 0.4) is 0 Å². The number of rotatable bonds is 47. The van der Waals surface area contributed by atoms with Crippen LogP contribution in [0.2, 0.25) is 0 Å². The van der Waals surface area contributed by atoms with Crippen LogP contribution in [0.5, 0.6) is 0 Å². The fourth-order valence-corrected chi connectivity index (χ4v) is 8.40. The van der Waals surface area contributed by atoms with Crippen LogP contribution >= 0.6 is 0 Å². The van der Waals surface area contributed by atoms with Crippen LogP contribution < -0.4 is 5.32 Å². The van der Waals surface area contributed by atoms with E-state index in [-0.39, 0.29) is 12.5 Å². The average Bonchev–Trinajstić information content (AvgIpc) is 3.36. The van der Waals surface area contributed by atoms with Crippen molar-refractivity contribution < 1.29 is 39.8 Å². The number of carbonyl (C=O) groups excluding carboxylic acids is 1. The Hall–Kier alpha value is -2.89. The van der Waals surface area contributed by atoms with E-state index in [4.69, 9.17) is 9.47 Å². The lowest BCUT2D eigenvalue weighted by molar-refractivity contribution is -0.302. The lowest BCUT2D eigenvalue weighted by Crippen LogP contribution is -2.60. The lowest BCUT2D eigenvalue weighted by Gasteiger charge is -2.40. The van der Waals surface area contributed by atoms with E-state index in [2.05, 4.69) is 104 Å². The van der Waals surface area contributed by atoms with E-state index in [0.717, 1.165) is 89.9 Å². The fraction of sp³-hybridized carbons (Fsp3) is 0.721. The van der Waals surface area contributed by atoms with Crippen LogP contribution in [0.4, 0.5) is 0 Å². The van der Waals surface area contributed by atoms with Crippen molar-refractivity contribution in [2.45, 2.75) is 269 Å². The van der Waals surface area contributed by atoms with Gasteiger partial charge in [-0.25, -0.2) is 0 Å². The van der Waals surface area contributed by atoms with Crippen LogP contribution in [0.1, 0.15) is 226 Å². The molecule has 1 fully saturated rings. The SMILES string of the molecule is CC/C=C\C/C=C\C/C=C\C/C=C\C/C=C\C/C=C\CCCCCCCCCCCCCCCCCCCCCCC(=O)NC(COC1OC(CO)C(O)C(O)C1O)C(O)/C=C/CC/C=C/CCCC. The molecule has 7 atom stereocenters. The number of allylic oxidation sites excluding steroid dienone is 15. The summed E-state index contributed by atoms with van der Waals surface area (Å²) in [5.74, 6) is -0.191. The molecule has 0 radical (unpaired) electrons. The van der Waals surface area contributed by atoms with Gasteiger partial charge >= 0.3 is 0 Å².